The van der Waals surface area contributed by atoms with Crippen molar-refractivity contribution in [1.29, 1.82) is 0 Å². The number of hydrogen-bond acceptors (Lipinski definition) is 4. The van der Waals surface area contributed by atoms with Gasteiger partial charge >= 0.3 is 0 Å². The molecule has 1 saturated carbocycles. The van der Waals surface area contributed by atoms with Gasteiger partial charge in [0.15, 0.2) is 11.5 Å². The summed E-state index contributed by atoms with van der Waals surface area (Å²) in [5.41, 5.74) is 1.24. The Morgan fingerprint density at radius 1 is 1.42 bits per heavy atom. The maximum atomic E-state index is 12.6. The third kappa shape index (κ3) is 2.42. The Morgan fingerprint density at radius 3 is 2.89 bits per heavy atom. The average molecular weight is 294 g/mol. The first kappa shape index (κ1) is 12.8. The molecule has 1 heterocycles. The highest BCUT2D eigenvalue weighted by molar-refractivity contribution is 7.98. The van der Waals surface area contributed by atoms with Gasteiger partial charge in [-0.3, -0.25) is 4.79 Å². The van der Waals surface area contributed by atoms with Gasteiger partial charge in [0, 0.05) is 21.4 Å². The van der Waals surface area contributed by atoms with Crippen molar-refractivity contribution >= 4 is 29.1 Å². The molecule has 0 atom stereocenters. The molecule has 1 fully saturated rings. The first-order valence-electron chi connectivity index (χ1n) is 6.03. The van der Waals surface area contributed by atoms with Crippen molar-refractivity contribution in [3.05, 3.63) is 46.3 Å². The number of benzene rings is 1. The first-order chi connectivity index (χ1) is 9.20. The Morgan fingerprint density at radius 2 is 2.21 bits per heavy atom. The van der Waals surface area contributed by atoms with Gasteiger partial charge in [-0.1, -0.05) is 16.8 Å². The van der Waals surface area contributed by atoms with Crippen molar-refractivity contribution in [2.75, 3.05) is 6.26 Å². The van der Waals surface area contributed by atoms with Gasteiger partial charge in [-0.2, -0.15) is 0 Å². The van der Waals surface area contributed by atoms with Gasteiger partial charge in [-0.15, -0.1) is 11.8 Å². The molecule has 0 spiro atoms. The Labute approximate surface area is 120 Å². The highest BCUT2D eigenvalue weighted by atomic mass is 35.5. The molecule has 2 aromatic rings. The van der Waals surface area contributed by atoms with Gasteiger partial charge in [0.05, 0.1) is 11.8 Å². The second-order valence-electron chi connectivity index (χ2n) is 4.55. The molecule has 19 heavy (non-hydrogen) atoms. The van der Waals surface area contributed by atoms with E-state index in [0.29, 0.717) is 22.1 Å². The molecule has 1 aromatic carbocycles. The van der Waals surface area contributed by atoms with E-state index in [-0.39, 0.29) is 5.78 Å². The summed E-state index contributed by atoms with van der Waals surface area (Å²) in [7, 11) is 0. The molecule has 0 N–H and O–H groups in total. The molecule has 1 aromatic heterocycles. The van der Waals surface area contributed by atoms with Crippen molar-refractivity contribution < 1.29 is 9.32 Å². The van der Waals surface area contributed by atoms with E-state index in [0.717, 1.165) is 23.5 Å². The molecule has 0 unspecified atom stereocenters. The SMILES string of the molecule is CSc1cc(Cl)ccc1C(=O)c1cnoc1C1CC1. The van der Waals surface area contributed by atoms with Crippen molar-refractivity contribution in [3.8, 4) is 0 Å². The van der Waals surface area contributed by atoms with Gasteiger partial charge in [0.25, 0.3) is 0 Å². The van der Waals surface area contributed by atoms with Crippen LogP contribution in [0.3, 0.4) is 0 Å². The van der Waals surface area contributed by atoms with Crippen LogP contribution in [0.4, 0.5) is 0 Å². The topological polar surface area (TPSA) is 43.1 Å². The van der Waals surface area contributed by atoms with Crippen LogP contribution < -0.4 is 0 Å². The number of aromatic nitrogens is 1. The van der Waals surface area contributed by atoms with E-state index in [9.17, 15) is 4.79 Å². The van der Waals surface area contributed by atoms with E-state index in [1.807, 2.05) is 12.3 Å². The van der Waals surface area contributed by atoms with Crippen LogP contribution in [-0.2, 0) is 0 Å². The number of thioether (sulfide) groups is 1. The number of halogens is 1. The summed E-state index contributed by atoms with van der Waals surface area (Å²) in [6.07, 6.45) is 5.60. The summed E-state index contributed by atoms with van der Waals surface area (Å²) in [5, 5.41) is 4.41. The summed E-state index contributed by atoms with van der Waals surface area (Å²) in [4.78, 5) is 13.5. The molecule has 0 saturated heterocycles. The highest BCUT2D eigenvalue weighted by Crippen LogP contribution is 2.42. The Kier molecular flexibility index (Phi) is 3.37. The van der Waals surface area contributed by atoms with E-state index in [1.165, 1.54) is 18.0 Å². The number of ketones is 1. The van der Waals surface area contributed by atoms with Crippen LogP contribution >= 0.6 is 23.4 Å². The number of rotatable bonds is 4. The van der Waals surface area contributed by atoms with Crippen molar-refractivity contribution in [3.63, 3.8) is 0 Å². The summed E-state index contributed by atoms with van der Waals surface area (Å²) < 4.78 is 5.22. The lowest BCUT2D eigenvalue weighted by molar-refractivity contribution is 0.103. The van der Waals surface area contributed by atoms with Crippen LogP contribution in [0, 0.1) is 0 Å². The number of hydrogen-bond donors (Lipinski definition) is 0. The minimum absolute atomic E-state index is 0.0378. The zero-order valence-corrected chi connectivity index (χ0v) is 11.9. The Balaban J connectivity index is 2.01. The van der Waals surface area contributed by atoms with Gasteiger partial charge in [-0.25, -0.2) is 0 Å². The molecule has 98 valence electrons. The first-order valence-corrected chi connectivity index (χ1v) is 7.63. The molecular weight excluding hydrogens is 282 g/mol. The molecule has 0 bridgehead atoms. The van der Waals surface area contributed by atoms with Crippen LogP contribution in [0.1, 0.15) is 40.4 Å². The molecular formula is C14H12ClNO2S. The Bertz CT molecular complexity index is 634. The summed E-state index contributed by atoms with van der Waals surface area (Å²) in [5.74, 6) is 1.06. The number of nitrogens with zero attached hydrogens (tertiary/aromatic N) is 1. The van der Waals surface area contributed by atoms with Crippen molar-refractivity contribution in [2.45, 2.75) is 23.7 Å². The normalized spacial score (nSPS) is 14.6. The number of carbonyl (C=O) groups excluding carboxylic acids is 1. The fraction of sp³-hybridized carbons (Fsp3) is 0.286. The molecule has 0 aliphatic heterocycles. The summed E-state index contributed by atoms with van der Waals surface area (Å²) >= 11 is 7.47. The van der Waals surface area contributed by atoms with Gasteiger partial charge < -0.3 is 4.52 Å². The maximum Gasteiger partial charge on any atom is 0.199 e. The highest BCUT2D eigenvalue weighted by Gasteiger charge is 2.33. The molecule has 5 heteroatoms. The van der Waals surface area contributed by atoms with Crippen LogP contribution in [-0.4, -0.2) is 17.2 Å². The van der Waals surface area contributed by atoms with Crippen molar-refractivity contribution in [2.24, 2.45) is 0 Å². The van der Waals surface area contributed by atoms with Gasteiger partial charge in [0.2, 0.25) is 0 Å². The minimum Gasteiger partial charge on any atom is -0.360 e. The van der Waals surface area contributed by atoms with Crippen LogP contribution in [0.2, 0.25) is 5.02 Å². The molecule has 0 radical (unpaired) electrons. The maximum absolute atomic E-state index is 12.6. The quantitative estimate of drug-likeness (QED) is 0.627. The lowest BCUT2D eigenvalue weighted by atomic mass is 10.0. The monoisotopic (exact) mass is 293 g/mol. The van der Waals surface area contributed by atoms with E-state index in [4.69, 9.17) is 16.1 Å². The van der Waals surface area contributed by atoms with E-state index >= 15 is 0 Å². The minimum atomic E-state index is -0.0378. The lowest BCUT2D eigenvalue weighted by Gasteiger charge is -2.06. The molecule has 0 amide bonds. The second-order valence-corrected chi connectivity index (χ2v) is 5.84. The summed E-state index contributed by atoms with van der Waals surface area (Å²) in [6.45, 7) is 0. The molecule has 1 aliphatic carbocycles. The third-order valence-corrected chi connectivity index (χ3v) is 4.21. The van der Waals surface area contributed by atoms with Crippen LogP contribution in [0.15, 0.2) is 33.8 Å². The predicted molar refractivity (Wildman–Crippen MR) is 75.1 cm³/mol. The van der Waals surface area contributed by atoms with Crippen LogP contribution in [0.25, 0.3) is 0 Å². The van der Waals surface area contributed by atoms with Crippen molar-refractivity contribution in [1.82, 2.24) is 5.16 Å². The van der Waals surface area contributed by atoms with E-state index in [2.05, 4.69) is 5.16 Å². The zero-order valence-electron chi connectivity index (χ0n) is 10.4. The zero-order chi connectivity index (χ0) is 13.4. The second kappa shape index (κ2) is 5.02. The molecule has 3 nitrogen and oxygen atoms in total. The lowest BCUT2D eigenvalue weighted by Crippen LogP contribution is -2.04. The third-order valence-electron chi connectivity index (χ3n) is 3.20. The summed E-state index contributed by atoms with van der Waals surface area (Å²) in [6, 6.07) is 5.31. The fourth-order valence-corrected chi connectivity index (χ4v) is 2.92. The standard InChI is InChI=1S/C14H12ClNO2S/c1-19-12-6-9(15)4-5-10(12)13(17)11-7-16-18-14(11)8-2-3-8/h4-8H,2-3H2,1H3. The van der Waals surface area contributed by atoms with Gasteiger partial charge in [0.1, 0.15) is 0 Å². The van der Waals surface area contributed by atoms with Gasteiger partial charge in [-0.05, 0) is 37.3 Å². The fourth-order valence-electron chi connectivity index (χ4n) is 2.06. The molecule has 3 rings (SSSR count). The van der Waals surface area contributed by atoms with E-state index < -0.39 is 0 Å². The smallest absolute Gasteiger partial charge is 0.199 e. The Hall–Kier alpha value is -1.26. The number of carbonyl (C=O) groups is 1. The van der Waals surface area contributed by atoms with Crippen LogP contribution in [0.5, 0.6) is 0 Å². The van der Waals surface area contributed by atoms with E-state index in [1.54, 1.807) is 12.1 Å². The molecule has 1 aliphatic rings. The largest absolute Gasteiger partial charge is 0.360 e. The predicted octanol–water partition coefficient (Wildman–Crippen LogP) is 4.16. The average Bonchev–Trinajstić information content (AvgIpc) is 3.15.